The lowest BCUT2D eigenvalue weighted by molar-refractivity contribution is -0.148. The summed E-state index contributed by atoms with van der Waals surface area (Å²) >= 11 is 0. The zero-order chi connectivity index (χ0) is 11.9. The van der Waals surface area contributed by atoms with E-state index in [0.717, 1.165) is 0 Å². The first kappa shape index (κ1) is 10.8. The third-order valence-electron chi connectivity index (χ3n) is 3.10. The van der Waals surface area contributed by atoms with Gasteiger partial charge in [-0.1, -0.05) is 6.07 Å². The average Bonchev–Trinajstić information content (AvgIpc) is 3.02. The van der Waals surface area contributed by atoms with Gasteiger partial charge < -0.3 is 20.4 Å². The van der Waals surface area contributed by atoms with Gasteiger partial charge in [-0.3, -0.25) is 0 Å². The van der Waals surface area contributed by atoms with Crippen LogP contribution in [0.5, 0.6) is 11.5 Å². The molecule has 0 radical (unpaired) electrons. The normalized spacial score (nSPS) is 19.1. The predicted molar refractivity (Wildman–Crippen MR) is 54.3 cm³/mol. The summed E-state index contributed by atoms with van der Waals surface area (Å²) in [5.41, 5.74) is -0.269. The van der Waals surface area contributed by atoms with Gasteiger partial charge in [-0.15, -0.1) is 0 Å². The maximum atomic E-state index is 10.7. The average molecular weight is 224 g/mol. The molecular formula is C11H12O5. The molecule has 86 valence electrons. The van der Waals surface area contributed by atoms with E-state index in [2.05, 4.69) is 0 Å². The molecule has 1 atom stereocenters. The highest BCUT2D eigenvalue weighted by atomic mass is 16.4. The Balaban J connectivity index is 2.37. The molecule has 1 aromatic carbocycles. The number of benzene rings is 1. The highest BCUT2D eigenvalue weighted by Gasteiger charge is 2.53. The molecule has 1 fully saturated rings. The molecule has 4 N–H and O–H groups in total. The molecule has 1 unspecified atom stereocenters. The third kappa shape index (κ3) is 1.49. The lowest BCUT2D eigenvalue weighted by Gasteiger charge is -2.19. The fraction of sp³-hybridized carbons (Fsp3) is 0.364. The number of rotatable bonds is 3. The Bertz CT molecular complexity index is 436. The number of aromatic hydroxyl groups is 2. The SMILES string of the molecule is O=C(O)C(O)C1(c2ccc(O)c(O)c2)CC1. The van der Waals surface area contributed by atoms with E-state index in [1.165, 1.54) is 18.2 Å². The first-order valence-electron chi connectivity index (χ1n) is 4.91. The minimum absolute atomic E-state index is 0.260. The number of aliphatic hydroxyl groups is 1. The van der Waals surface area contributed by atoms with Gasteiger partial charge in [0.25, 0.3) is 0 Å². The molecule has 16 heavy (non-hydrogen) atoms. The lowest BCUT2D eigenvalue weighted by Crippen LogP contribution is -2.33. The first-order chi connectivity index (χ1) is 7.47. The van der Waals surface area contributed by atoms with Crippen LogP contribution >= 0.6 is 0 Å². The van der Waals surface area contributed by atoms with Gasteiger partial charge in [-0.25, -0.2) is 4.79 Å². The predicted octanol–water partition coefficient (Wildman–Crippen LogP) is 0.575. The third-order valence-corrected chi connectivity index (χ3v) is 3.10. The second-order valence-electron chi connectivity index (χ2n) is 4.10. The van der Waals surface area contributed by atoms with E-state index in [1.807, 2.05) is 0 Å². The van der Waals surface area contributed by atoms with Crippen LogP contribution in [0.25, 0.3) is 0 Å². The molecule has 0 aromatic heterocycles. The lowest BCUT2D eigenvalue weighted by atomic mass is 9.89. The monoisotopic (exact) mass is 224 g/mol. The van der Waals surface area contributed by atoms with Gasteiger partial charge in [-0.05, 0) is 30.5 Å². The Hall–Kier alpha value is -1.75. The smallest absolute Gasteiger partial charge is 0.333 e. The maximum absolute atomic E-state index is 10.7. The van der Waals surface area contributed by atoms with Crippen LogP contribution in [-0.2, 0) is 10.2 Å². The highest BCUT2D eigenvalue weighted by Crippen LogP contribution is 2.52. The van der Waals surface area contributed by atoms with Crippen LogP contribution in [-0.4, -0.2) is 32.5 Å². The van der Waals surface area contributed by atoms with Crippen molar-refractivity contribution in [1.29, 1.82) is 0 Å². The van der Waals surface area contributed by atoms with Gasteiger partial charge in [0.15, 0.2) is 17.6 Å². The second kappa shape index (κ2) is 3.38. The van der Waals surface area contributed by atoms with E-state index >= 15 is 0 Å². The summed E-state index contributed by atoms with van der Waals surface area (Å²) < 4.78 is 0. The zero-order valence-corrected chi connectivity index (χ0v) is 8.42. The molecule has 0 spiro atoms. The van der Waals surface area contributed by atoms with Gasteiger partial charge in [0, 0.05) is 5.41 Å². The van der Waals surface area contributed by atoms with Crippen LogP contribution in [0.4, 0.5) is 0 Å². The summed E-state index contributed by atoms with van der Waals surface area (Å²) in [4.78, 5) is 10.7. The minimum Gasteiger partial charge on any atom is -0.504 e. The molecule has 0 aliphatic heterocycles. The second-order valence-corrected chi connectivity index (χ2v) is 4.10. The van der Waals surface area contributed by atoms with Crippen LogP contribution in [0.2, 0.25) is 0 Å². The summed E-state index contributed by atoms with van der Waals surface area (Å²) in [5.74, 6) is -1.84. The fourth-order valence-electron chi connectivity index (χ4n) is 1.92. The maximum Gasteiger partial charge on any atom is 0.333 e. The van der Waals surface area contributed by atoms with Crippen molar-refractivity contribution < 1.29 is 25.2 Å². The van der Waals surface area contributed by atoms with Gasteiger partial charge in [0.2, 0.25) is 0 Å². The van der Waals surface area contributed by atoms with Crippen LogP contribution in [0.1, 0.15) is 18.4 Å². The Labute approximate surface area is 91.6 Å². The summed E-state index contributed by atoms with van der Waals surface area (Å²) in [6.07, 6.45) is -0.355. The van der Waals surface area contributed by atoms with Crippen LogP contribution in [0, 0.1) is 0 Å². The molecular weight excluding hydrogens is 212 g/mol. The largest absolute Gasteiger partial charge is 0.504 e. The number of hydrogen-bond donors (Lipinski definition) is 4. The van der Waals surface area contributed by atoms with E-state index in [-0.39, 0.29) is 11.5 Å². The Morgan fingerprint density at radius 3 is 2.31 bits per heavy atom. The summed E-state index contributed by atoms with van der Waals surface area (Å²) in [7, 11) is 0. The molecule has 0 heterocycles. The quantitative estimate of drug-likeness (QED) is 0.563. The summed E-state index contributed by atoms with van der Waals surface area (Å²) in [5, 5.41) is 36.8. The number of phenols is 2. The number of aliphatic hydroxyl groups excluding tert-OH is 1. The first-order valence-corrected chi connectivity index (χ1v) is 4.91. The number of hydrogen-bond acceptors (Lipinski definition) is 4. The molecule has 1 saturated carbocycles. The number of carbonyl (C=O) groups is 1. The molecule has 1 aromatic rings. The van der Waals surface area contributed by atoms with Gasteiger partial charge in [-0.2, -0.15) is 0 Å². The van der Waals surface area contributed by atoms with Crippen molar-refractivity contribution in [3.05, 3.63) is 23.8 Å². The van der Waals surface area contributed by atoms with Crippen LogP contribution < -0.4 is 0 Å². The Morgan fingerprint density at radius 1 is 1.25 bits per heavy atom. The van der Waals surface area contributed by atoms with E-state index in [0.29, 0.717) is 18.4 Å². The van der Waals surface area contributed by atoms with Crippen molar-refractivity contribution in [2.24, 2.45) is 0 Å². The molecule has 5 nitrogen and oxygen atoms in total. The van der Waals surface area contributed by atoms with E-state index in [9.17, 15) is 15.0 Å². The topological polar surface area (TPSA) is 98.0 Å². The van der Waals surface area contributed by atoms with Gasteiger partial charge in [0.1, 0.15) is 0 Å². The Morgan fingerprint density at radius 2 is 1.88 bits per heavy atom. The molecule has 5 heteroatoms. The van der Waals surface area contributed by atoms with Crippen LogP contribution in [0.15, 0.2) is 18.2 Å². The van der Waals surface area contributed by atoms with Gasteiger partial charge in [0.05, 0.1) is 0 Å². The van der Waals surface area contributed by atoms with Crippen molar-refractivity contribution in [2.45, 2.75) is 24.4 Å². The Kier molecular flexibility index (Phi) is 2.27. The van der Waals surface area contributed by atoms with E-state index in [1.54, 1.807) is 0 Å². The van der Waals surface area contributed by atoms with Gasteiger partial charge >= 0.3 is 5.97 Å². The number of aliphatic carboxylic acids is 1. The fourth-order valence-corrected chi connectivity index (χ4v) is 1.92. The number of carboxylic acids is 1. The molecule has 0 bridgehead atoms. The summed E-state index contributed by atoms with van der Waals surface area (Å²) in [6, 6.07) is 4.11. The molecule has 0 amide bonds. The standard InChI is InChI=1S/C11H12O5/c12-7-2-1-6(5-8(7)13)11(3-4-11)9(14)10(15)16/h1-2,5,9,12-14H,3-4H2,(H,15,16). The van der Waals surface area contributed by atoms with E-state index < -0.39 is 17.5 Å². The number of phenolic OH excluding ortho intramolecular Hbond substituents is 2. The van der Waals surface area contributed by atoms with Crippen molar-refractivity contribution in [1.82, 2.24) is 0 Å². The molecule has 1 aliphatic carbocycles. The number of carboxylic acid groups (broad SMARTS) is 1. The van der Waals surface area contributed by atoms with E-state index in [4.69, 9.17) is 10.2 Å². The molecule has 1 aliphatic rings. The van der Waals surface area contributed by atoms with Crippen molar-refractivity contribution in [3.63, 3.8) is 0 Å². The van der Waals surface area contributed by atoms with Crippen LogP contribution in [0.3, 0.4) is 0 Å². The highest BCUT2D eigenvalue weighted by molar-refractivity contribution is 5.75. The van der Waals surface area contributed by atoms with Crippen molar-refractivity contribution in [3.8, 4) is 11.5 Å². The molecule has 0 saturated heterocycles. The van der Waals surface area contributed by atoms with Crippen molar-refractivity contribution in [2.75, 3.05) is 0 Å². The molecule has 2 rings (SSSR count). The minimum atomic E-state index is -1.48. The van der Waals surface area contributed by atoms with Crippen molar-refractivity contribution >= 4 is 5.97 Å². The summed E-state index contributed by atoms with van der Waals surface area (Å²) in [6.45, 7) is 0. The zero-order valence-electron chi connectivity index (χ0n) is 8.42.